The summed E-state index contributed by atoms with van der Waals surface area (Å²) in [4.78, 5) is 22.1. The second-order valence-corrected chi connectivity index (χ2v) is 3.42. The molecule has 10 nitrogen and oxygen atoms in total. The summed E-state index contributed by atoms with van der Waals surface area (Å²) >= 11 is 0. The van der Waals surface area contributed by atoms with Crippen molar-refractivity contribution in [3.8, 4) is 0 Å². The molecule has 10 heteroatoms. The van der Waals surface area contributed by atoms with Crippen molar-refractivity contribution in [3.63, 3.8) is 0 Å². The lowest BCUT2D eigenvalue weighted by Gasteiger charge is -2.07. The smallest absolute Gasteiger partial charge is 0.338 e. The molecule has 0 saturated carbocycles. The van der Waals surface area contributed by atoms with Crippen molar-refractivity contribution in [2.24, 2.45) is 20.7 Å². The number of amides is 4. The third kappa shape index (κ3) is 7.63. The number of urea groups is 2. The minimum absolute atomic E-state index is 0.337. The highest BCUT2D eigenvalue weighted by molar-refractivity contribution is 5.73. The molecule has 108 valence electrons. The van der Waals surface area contributed by atoms with Gasteiger partial charge in [-0.05, 0) is 6.42 Å². The standard InChI is InChI=1S/C9H20N8O2/c1-10-8(18)16(3)14-12-6-5-7-13-15-17(4)9(19)11-2/h5-7H2,1-4H3,(H,10,18)(H,11,19). The first kappa shape index (κ1) is 16.7. The largest absolute Gasteiger partial charge is 0.340 e. The van der Waals surface area contributed by atoms with Crippen LogP contribution in [0.5, 0.6) is 0 Å². The Labute approximate surface area is 111 Å². The molecule has 0 unspecified atom stereocenters. The van der Waals surface area contributed by atoms with Crippen molar-refractivity contribution in [2.75, 3.05) is 41.3 Å². The Bertz CT molecular complexity index is 311. The molecule has 0 aromatic rings. The number of carbonyl (C=O) groups is 2. The first-order chi connectivity index (χ1) is 9.02. The van der Waals surface area contributed by atoms with E-state index in [0.29, 0.717) is 19.5 Å². The van der Waals surface area contributed by atoms with Gasteiger partial charge in [-0.2, -0.15) is 10.2 Å². The van der Waals surface area contributed by atoms with E-state index in [1.165, 1.54) is 28.2 Å². The molecule has 0 aromatic heterocycles. The van der Waals surface area contributed by atoms with E-state index in [2.05, 4.69) is 31.3 Å². The third-order valence-electron chi connectivity index (χ3n) is 1.93. The van der Waals surface area contributed by atoms with Crippen LogP contribution in [0.1, 0.15) is 6.42 Å². The molecule has 0 bridgehead atoms. The first-order valence-corrected chi connectivity index (χ1v) is 5.68. The van der Waals surface area contributed by atoms with E-state index >= 15 is 0 Å². The van der Waals surface area contributed by atoms with Crippen LogP contribution in [-0.4, -0.2) is 63.4 Å². The molecule has 0 atom stereocenters. The normalized spacial score (nSPS) is 10.7. The zero-order chi connectivity index (χ0) is 14.7. The summed E-state index contributed by atoms with van der Waals surface area (Å²) in [6, 6.07) is -0.675. The molecule has 0 heterocycles. The van der Waals surface area contributed by atoms with E-state index < -0.39 is 0 Å². The van der Waals surface area contributed by atoms with Gasteiger partial charge >= 0.3 is 12.1 Å². The minimum Gasteiger partial charge on any atom is -0.340 e. The molecule has 4 amide bonds. The molecule has 0 fully saturated rings. The van der Waals surface area contributed by atoms with Crippen LogP contribution in [0.15, 0.2) is 20.7 Å². The van der Waals surface area contributed by atoms with Gasteiger partial charge in [-0.3, -0.25) is 0 Å². The van der Waals surface area contributed by atoms with E-state index in [1.54, 1.807) is 0 Å². The van der Waals surface area contributed by atoms with Crippen molar-refractivity contribution in [1.82, 2.24) is 20.7 Å². The predicted molar refractivity (Wildman–Crippen MR) is 68.5 cm³/mol. The number of hydrogen-bond acceptors (Lipinski definition) is 6. The van der Waals surface area contributed by atoms with Crippen LogP contribution in [0.25, 0.3) is 0 Å². The molecule has 0 spiro atoms. The molecule has 2 N–H and O–H groups in total. The maximum atomic E-state index is 11.0. The van der Waals surface area contributed by atoms with Crippen LogP contribution in [0.2, 0.25) is 0 Å². The van der Waals surface area contributed by atoms with Crippen molar-refractivity contribution in [2.45, 2.75) is 6.42 Å². The van der Waals surface area contributed by atoms with Gasteiger partial charge in [-0.1, -0.05) is 10.4 Å². The molecule has 19 heavy (non-hydrogen) atoms. The van der Waals surface area contributed by atoms with Crippen LogP contribution >= 0.6 is 0 Å². The molecular formula is C9H20N8O2. The van der Waals surface area contributed by atoms with Crippen molar-refractivity contribution >= 4 is 12.1 Å². The highest BCUT2D eigenvalue weighted by Crippen LogP contribution is 1.91. The van der Waals surface area contributed by atoms with Gasteiger partial charge in [0.2, 0.25) is 0 Å². The minimum atomic E-state index is -0.337. The molecule has 0 radical (unpaired) electrons. The maximum Gasteiger partial charge on any atom is 0.338 e. The lowest BCUT2D eigenvalue weighted by molar-refractivity contribution is 0.209. The molecular weight excluding hydrogens is 252 g/mol. The Morgan fingerprint density at radius 3 is 1.58 bits per heavy atom. The summed E-state index contributed by atoms with van der Waals surface area (Å²) < 4.78 is 0. The highest BCUT2D eigenvalue weighted by Gasteiger charge is 2.02. The van der Waals surface area contributed by atoms with E-state index in [-0.39, 0.29) is 12.1 Å². The van der Waals surface area contributed by atoms with Gasteiger partial charge in [-0.15, -0.1) is 0 Å². The lowest BCUT2D eigenvalue weighted by atomic mass is 10.4. The monoisotopic (exact) mass is 272 g/mol. The third-order valence-corrected chi connectivity index (χ3v) is 1.93. The SMILES string of the molecule is CNC(=O)N(C)N=NCCCN=NN(C)C(=O)NC. The van der Waals surface area contributed by atoms with Crippen molar-refractivity contribution in [1.29, 1.82) is 0 Å². The summed E-state index contributed by atoms with van der Waals surface area (Å²) in [5.74, 6) is 0. The number of hydrogen-bond donors (Lipinski definition) is 2. The molecule has 0 saturated heterocycles. The Balaban J connectivity index is 3.76. The summed E-state index contributed by atoms with van der Waals surface area (Å²) in [5.41, 5.74) is 0. The van der Waals surface area contributed by atoms with Crippen LogP contribution < -0.4 is 10.6 Å². The fourth-order valence-electron chi connectivity index (χ4n) is 0.896. The van der Waals surface area contributed by atoms with E-state index in [4.69, 9.17) is 0 Å². The van der Waals surface area contributed by atoms with Gasteiger partial charge in [0, 0.05) is 28.2 Å². The summed E-state index contributed by atoms with van der Waals surface area (Å²) in [7, 11) is 6.02. The number of nitrogens with zero attached hydrogens (tertiary/aromatic N) is 6. The van der Waals surface area contributed by atoms with Gasteiger partial charge in [0.1, 0.15) is 0 Å². The fourth-order valence-corrected chi connectivity index (χ4v) is 0.896. The zero-order valence-electron chi connectivity index (χ0n) is 11.6. The molecule has 0 rings (SSSR count). The van der Waals surface area contributed by atoms with Crippen molar-refractivity contribution in [3.05, 3.63) is 0 Å². The predicted octanol–water partition coefficient (Wildman–Crippen LogP) is 0.653. The maximum absolute atomic E-state index is 11.0. The quantitative estimate of drug-likeness (QED) is 0.420. The van der Waals surface area contributed by atoms with E-state index in [1.807, 2.05) is 0 Å². The first-order valence-electron chi connectivity index (χ1n) is 5.68. The van der Waals surface area contributed by atoms with E-state index in [9.17, 15) is 9.59 Å². The Morgan fingerprint density at radius 2 is 1.26 bits per heavy atom. The van der Waals surface area contributed by atoms with Crippen LogP contribution in [0.4, 0.5) is 9.59 Å². The molecule has 0 aliphatic rings. The lowest BCUT2D eigenvalue weighted by Crippen LogP contribution is -2.30. The van der Waals surface area contributed by atoms with Crippen LogP contribution in [0.3, 0.4) is 0 Å². The highest BCUT2D eigenvalue weighted by atomic mass is 16.2. The summed E-state index contributed by atoms with van der Waals surface area (Å²) in [5, 5.41) is 22.0. The zero-order valence-corrected chi connectivity index (χ0v) is 11.6. The number of carbonyl (C=O) groups excluding carboxylic acids is 2. The average molecular weight is 272 g/mol. The molecule has 0 aliphatic carbocycles. The van der Waals surface area contributed by atoms with Gasteiger partial charge in [0.05, 0.1) is 13.1 Å². The van der Waals surface area contributed by atoms with Gasteiger partial charge in [0.15, 0.2) is 0 Å². The summed E-state index contributed by atoms with van der Waals surface area (Å²) in [6.45, 7) is 0.841. The second kappa shape index (κ2) is 9.74. The molecule has 0 aliphatic heterocycles. The fraction of sp³-hybridized carbons (Fsp3) is 0.778. The van der Waals surface area contributed by atoms with Gasteiger partial charge in [0.25, 0.3) is 0 Å². The summed E-state index contributed by atoms with van der Waals surface area (Å²) in [6.07, 6.45) is 0.621. The number of rotatable bonds is 6. The average Bonchev–Trinajstić information content (AvgIpc) is 2.43. The van der Waals surface area contributed by atoms with Gasteiger partial charge < -0.3 is 10.6 Å². The van der Waals surface area contributed by atoms with Crippen molar-refractivity contribution < 1.29 is 9.59 Å². The Morgan fingerprint density at radius 1 is 0.895 bits per heavy atom. The van der Waals surface area contributed by atoms with Crippen LogP contribution in [0, 0.1) is 0 Å². The Kier molecular flexibility index (Phi) is 8.58. The van der Waals surface area contributed by atoms with Gasteiger partial charge in [-0.25, -0.2) is 19.6 Å². The topological polar surface area (TPSA) is 114 Å². The Hall–Kier alpha value is -2.26. The van der Waals surface area contributed by atoms with E-state index in [0.717, 1.165) is 10.0 Å². The van der Waals surface area contributed by atoms with Crippen LogP contribution in [-0.2, 0) is 0 Å². The number of nitrogens with one attached hydrogen (secondary N) is 2. The second-order valence-electron chi connectivity index (χ2n) is 3.42. The molecule has 0 aromatic carbocycles.